The van der Waals surface area contributed by atoms with E-state index in [0.717, 1.165) is 50.1 Å². The molecule has 1 unspecified atom stereocenters. The molecule has 7 heteroatoms. The Labute approximate surface area is 244 Å². The van der Waals surface area contributed by atoms with E-state index in [1.807, 2.05) is 29.2 Å². The number of benzene rings is 2. The van der Waals surface area contributed by atoms with Gasteiger partial charge < -0.3 is 15.5 Å². The summed E-state index contributed by atoms with van der Waals surface area (Å²) in [6.45, 7) is 4.85. The van der Waals surface area contributed by atoms with E-state index >= 15 is 0 Å². The van der Waals surface area contributed by atoms with Gasteiger partial charge in [-0.2, -0.15) is 0 Å². The van der Waals surface area contributed by atoms with Gasteiger partial charge in [-0.1, -0.05) is 56.0 Å². The number of nitrogens with one attached hydrogen (secondary N) is 2. The van der Waals surface area contributed by atoms with Crippen LogP contribution in [0.25, 0.3) is 0 Å². The first kappa shape index (κ1) is 29.0. The molecule has 7 nitrogen and oxygen atoms in total. The fourth-order valence-corrected chi connectivity index (χ4v) is 6.04. The predicted molar refractivity (Wildman–Crippen MR) is 164 cm³/mol. The van der Waals surface area contributed by atoms with E-state index in [1.54, 1.807) is 24.5 Å². The number of anilines is 1. The Hall–Kier alpha value is -3.55. The van der Waals surface area contributed by atoms with Crippen molar-refractivity contribution in [1.82, 2.24) is 20.5 Å². The molecule has 0 radical (unpaired) electrons. The summed E-state index contributed by atoms with van der Waals surface area (Å²) < 4.78 is 0. The molecule has 0 saturated carbocycles. The van der Waals surface area contributed by atoms with Gasteiger partial charge >= 0.3 is 0 Å². The molecule has 2 aliphatic rings. The fourth-order valence-electron chi connectivity index (χ4n) is 6.04. The van der Waals surface area contributed by atoms with Gasteiger partial charge in [0.1, 0.15) is 0 Å². The number of hydrogen-bond donors (Lipinski definition) is 2. The number of fused-ring (bicyclic) bond motifs is 1. The van der Waals surface area contributed by atoms with Gasteiger partial charge in [0.25, 0.3) is 11.8 Å². The van der Waals surface area contributed by atoms with Gasteiger partial charge in [-0.15, -0.1) is 0 Å². The van der Waals surface area contributed by atoms with Crippen LogP contribution in [0.3, 0.4) is 0 Å². The van der Waals surface area contributed by atoms with Crippen molar-refractivity contribution in [2.45, 2.75) is 64.0 Å². The summed E-state index contributed by atoms with van der Waals surface area (Å²) in [6, 6.07) is 20.0. The SMILES string of the molecule is O=C(NCC(c1ccccc1)N1CCCCC1)c1ccc2c(c1)CNCCCCCCCN2C(=O)c1ccncc1. The first-order valence-corrected chi connectivity index (χ1v) is 15.3. The number of hydrogen-bond acceptors (Lipinski definition) is 5. The van der Waals surface area contributed by atoms with Crippen molar-refractivity contribution in [2.75, 3.05) is 37.6 Å². The smallest absolute Gasteiger partial charge is 0.258 e. The van der Waals surface area contributed by atoms with Crippen molar-refractivity contribution < 1.29 is 9.59 Å². The van der Waals surface area contributed by atoms with E-state index in [9.17, 15) is 9.59 Å². The van der Waals surface area contributed by atoms with E-state index in [0.29, 0.717) is 30.8 Å². The molecule has 2 N–H and O–H groups in total. The second-order valence-electron chi connectivity index (χ2n) is 11.2. The lowest BCUT2D eigenvalue weighted by molar-refractivity contribution is 0.0923. The van der Waals surface area contributed by atoms with Crippen LogP contribution >= 0.6 is 0 Å². The number of likely N-dealkylation sites (tertiary alicyclic amines) is 1. The van der Waals surface area contributed by atoms with Crippen LogP contribution in [0.2, 0.25) is 0 Å². The summed E-state index contributed by atoms with van der Waals surface area (Å²) in [5.41, 5.74) is 4.32. The Bertz CT molecular complexity index is 1260. The zero-order valence-corrected chi connectivity index (χ0v) is 24.1. The summed E-state index contributed by atoms with van der Waals surface area (Å²) in [5, 5.41) is 6.79. The molecule has 3 heterocycles. The van der Waals surface area contributed by atoms with E-state index in [4.69, 9.17) is 0 Å². The lowest BCUT2D eigenvalue weighted by Crippen LogP contribution is -2.40. The molecule has 1 fully saturated rings. The fraction of sp³-hybridized carbons (Fsp3) is 0.441. The maximum atomic E-state index is 13.7. The van der Waals surface area contributed by atoms with Crippen LogP contribution in [0.15, 0.2) is 73.1 Å². The number of carbonyl (C=O) groups excluding carboxylic acids is 2. The van der Waals surface area contributed by atoms with E-state index in [-0.39, 0.29) is 17.9 Å². The molecule has 2 aliphatic heterocycles. The molecule has 0 spiro atoms. The van der Waals surface area contributed by atoms with E-state index < -0.39 is 0 Å². The van der Waals surface area contributed by atoms with Gasteiger partial charge in [-0.05, 0) is 86.8 Å². The summed E-state index contributed by atoms with van der Waals surface area (Å²) in [4.78, 5) is 35.7. The van der Waals surface area contributed by atoms with Gasteiger partial charge in [0, 0.05) is 48.8 Å². The minimum atomic E-state index is -0.0798. The van der Waals surface area contributed by atoms with Crippen molar-refractivity contribution in [2.24, 2.45) is 0 Å². The van der Waals surface area contributed by atoms with Gasteiger partial charge in [0.15, 0.2) is 0 Å². The third kappa shape index (κ3) is 7.80. The summed E-state index contributed by atoms with van der Waals surface area (Å²) in [7, 11) is 0. The van der Waals surface area contributed by atoms with Crippen molar-refractivity contribution in [3.8, 4) is 0 Å². The average Bonchev–Trinajstić information content (AvgIpc) is 3.02. The molecular weight excluding hydrogens is 510 g/mol. The second kappa shape index (κ2) is 14.9. The highest BCUT2D eigenvalue weighted by atomic mass is 16.2. The van der Waals surface area contributed by atoms with Crippen molar-refractivity contribution in [1.29, 1.82) is 0 Å². The first-order chi connectivity index (χ1) is 20.2. The Balaban J connectivity index is 1.37. The minimum absolute atomic E-state index is 0.0323. The number of carbonyl (C=O) groups is 2. The summed E-state index contributed by atoms with van der Waals surface area (Å²) in [6.07, 6.45) is 12.5. The highest BCUT2D eigenvalue weighted by Crippen LogP contribution is 2.27. The van der Waals surface area contributed by atoms with Crippen LogP contribution in [0.4, 0.5) is 5.69 Å². The molecule has 0 bridgehead atoms. The van der Waals surface area contributed by atoms with Crippen LogP contribution in [-0.2, 0) is 6.54 Å². The number of piperidine rings is 1. The molecule has 216 valence electrons. The monoisotopic (exact) mass is 553 g/mol. The minimum Gasteiger partial charge on any atom is -0.350 e. The van der Waals surface area contributed by atoms with Gasteiger partial charge in [-0.25, -0.2) is 0 Å². The van der Waals surface area contributed by atoms with Crippen molar-refractivity contribution >= 4 is 17.5 Å². The van der Waals surface area contributed by atoms with Gasteiger partial charge in [0.2, 0.25) is 0 Å². The normalized spacial score (nSPS) is 17.9. The highest BCUT2D eigenvalue weighted by molar-refractivity contribution is 6.06. The number of nitrogens with zero attached hydrogens (tertiary/aromatic N) is 3. The van der Waals surface area contributed by atoms with Crippen LogP contribution in [-0.4, -0.2) is 54.4 Å². The molecule has 2 amide bonds. The molecule has 3 aromatic rings. The maximum Gasteiger partial charge on any atom is 0.258 e. The molecular formula is C34H43N5O2. The predicted octanol–water partition coefficient (Wildman–Crippen LogP) is 5.74. The van der Waals surface area contributed by atoms with Crippen LogP contribution in [0.5, 0.6) is 0 Å². The standard InChI is InChI=1S/C34H43N5O2/c40-33(37-26-32(27-12-6-4-7-13-27)38-21-9-5-10-22-38)29-14-15-31-30(24-29)25-36-18-8-2-1-3-11-23-39(31)34(41)28-16-19-35-20-17-28/h4,6-7,12-17,19-20,24,32,36H,1-3,5,8-11,18,21-23,25-26H2,(H,37,40). The highest BCUT2D eigenvalue weighted by Gasteiger charge is 2.24. The maximum absolute atomic E-state index is 13.7. The molecule has 0 aliphatic carbocycles. The number of amides is 2. The van der Waals surface area contributed by atoms with Crippen LogP contribution < -0.4 is 15.5 Å². The number of rotatable bonds is 6. The largest absolute Gasteiger partial charge is 0.350 e. The average molecular weight is 554 g/mol. The summed E-state index contributed by atoms with van der Waals surface area (Å²) >= 11 is 0. The molecule has 1 saturated heterocycles. The quantitative estimate of drug-likeness (QED) is 0.407. The van der Waals surface area contributed by atoms with Crippen LogP contribution in [0.1, 0.15) is 89.3 Å². The third-order valence-corrected chi connectivity index (χ3v) is 8.33. The van der Waals surface area contributed by atoms with Crippen LogP contribution in [0, 0.1) is 0 Å². The van der Waals surface area contributed by atoms with E-state index in [2.05, 4.69) is 44.8 Å². The van der Waals surface area contributed by atoms with E-state index in [1.165, 1.54) is 37.7 Å². The molecule has 2 aromatic carbocycles. The molecule has 1 atom stereocenters. The Morgan fingerprint density at radius 2 is 1.51 bits per heavy atom. The molecule has 1 aromatic heterocycles. The van der Waals surface area contributed by atoms with Crippen molar-refractivity contribution in [3.05, 3.63) is 95.3 Å². The number of pyridine rings is 1. The topological polar surface area (TPSA) is 77.6 Å². The molecule has 41 heavy (non-hydrogen) atoms. The third-order valence-electron chi connectivity index (χ3n) is 8.33. The first-order valence-electron chi connectivity index (χ1n) is 15.3. The zero-order chi connectivity index (χ0) is 28.3. The zero-order valence-electron chi connectivity index (χ0n) is 24.1. The van der Waals surface area contributed by atoms with Gasteiger partial charge in [-0.3, -0.25) is 19.5 Å². The van der Waals surface area contributed by atoms with Gasteiger partial charge in [0.05, 0.1) is 6.04 Å². The molecule has 5 rings (SSSR count). The Morgan fingerprint density at radius 1 is 0.805 bits per heavy atom. The Morgan fingerprint density at radius 3 is 2.32 bits per heavy atom. The van der Waals surface area contributed by atoms with Crippen molar-refractivity contribution in [3.63, 3.8) is 0 Å². The lowest BCUT2D eigenvalue weighted by atomic mass is 10.0. The lowest BCUT2D eigenvalue weighted by Gasteiger charge is -2.35. The summed E-state index contributed by atoms with van der Waals surface area (Å²) in [5.74, 6) is -0.112. The number of aromatic nitrogens is 1. The Kier molecular flexibility index (Phi) is 10.5. The second-order valence-corrected chi connectivity index (χ2v) is 11.2.